The summed E-state index contributed by atoms with van der Waals surface area (Å²) in [4.78, 5) is 14.9. The average Bonchev–Trinajstić information content (AvgIpc) is 2.94. The van der Waals surface area contributed by atoms with Gasteiger partial charge in [0.05, 0.1) is 18.2 Å². The Labute approximate surface area is 123 Å². The second-order valence-corrected chi connectivity index (χ2v) is 6.04. The largest absolute Gasteiger partial charge is 0.372 e. The molecule has 1 amide bonds. The van der Waals surface area contributed by atoms with Crippen LogP contribution in [0.4, 0.5) is 0 Å². The Kier molecular flexibility index (Phi) is 3.41. The van der Waals surface area contributed by atoms with Crippen molar-refractivity contribution in [3.05, 3.63) is 30.2 Å². The number of carbonyl (C=O) groups excluding carboxylic acids is 1. The van der Waals surface area contributed by atoms with Gasteiger partial charge in [0.1, 0.15) is 12.0 Å². The van der Waals surface area contributed by atoms with Gasteiger partial charge in [-0.15, -0.1) is 10.2 Å². The number of ether oxygens (including phenoxy) is 1. The van der Waals surface area contributed by atoms with Crippen molar-refractivity contribution in [2.45, 2.75) is 38.8 Å². The van der Waals surface area contributed by atoms with Gasteiger partial charge in [0.2, 0.25) is 0 Å². The fourth-order valence-electron chi connectivity index (χ4n) is 2.74. The molecule has 3 rings (SSSR count). The number of aromatic nitrogens is 3. The lowest BCUT2D eigenvalue weighted by atomic mass is 10.0. The molecule has 1 saturated heterocycles. The Hall–Kier alpha value is -1.95. The van der Waals surface area contributed by atoms with Gasteiger partial charge in [-0.25, -0.2) is 0 Å². The third kappa shape index (κ3) is 2.51. The average molecular weight is 288 g/mol. The molecule has 3 heterocycles. The minimum Gasteiger partial charge on any atom is -0.372 e. The number of hydrogen-bond donors (Lipinski definition) is 0. The summed E-state index contributed by atoms with van der Waals surface area (Å²) in [5.74, 6) is 0.00336. The quantitative estimate of drug-likeness (QED) is 0.845. The number of morpholine rings is 1. The maximum absolute atomic E-state index is 13.0. The molecule has 0 radical (unpaired) electrons. The topological polar surface area (TPSA) is 59.7 Å². The molecule has 6 heteroatoms. The molecule has 0 saturated carbocycles. The molecule has 1 fully saturated rings. The van der Waals surface area contributed by atoms with Crippen molar-refractivity contribution in [3.63, 3.8) is 0 Å². The molecule has 0 spiro atoms. The molecule has 112 valence electrons. The molecule has 1 unspecified atom stereocenters. The first-order valence-electron chi connectivity index (χ1n) is 7.25. The highest BCUT2D eigenvalue weighted by Gasteiger charge is 2.36. The minimum atomic E-state index is -0.317. The summed E-state index contributed by atoms with van der Waals surface area (Å²) in [5.41, 5.74) is 0.956. The fraction of sp³-hybridized carbons (Fsp3) is 0.533. The molecule has 1 aliphatic heterocycles. The molecular weight excluding hydrogens is 268 g/mol. The van der Waals surface area contributed by atoms with E-state index in [1.54, 1.807) is 10.7 Å². The second-order valence-electron chi connectivity index (χ2n) is 6.04. The first kappa shape index (κ1) is 14.0. The highest BCUT2D eigenvalue weighted by atomic mass is 16.5. The summed E-state index contributed by atoms with van der Waals surface area (Å²) < 4.78 is 7.57. The smallest absolute Gasteiger partial charge is 0.271 e. The van der Waals surface area contributed by atoms with Crippen molar-refractivity contribution in [2.75, 3.05) is 13.2 Å². The predicted octanol–water partition coefficient (Wildman–Crippen LogP) is 1.76. The van der Waals surface area contributed by atoms with Crippen LogP contribution < -0.4 is 0 Å². The zero-order chi connectivity index (χ0) is 15.0. The van der Waals surface area contributed by atoms with Crippen molar-refractivity contribution in [3.8, 4) is 0 Å². The summed E-state index contributed by atoms with van der Waals surface area (Å²) in [7, 11) is 0. The molecule has 6 nitrogen and oxygen atoms in total. The van der Waals surface area contributed by atoms with Gasteiger partial charge >= 0.3 is 0 Å². The van der Waals surface area contributed by atoms with Crippen molar-refractivity contribution in [2.24, 2.45) is 0 Å². The number of nitrogens with zero attached hydrogens (tertiary/aromatic N) is 4. The second kappa shape index (κ2) is 5.11. The van der Waals surface area contributed by atoms with Crippen LogP contribution in [0, 0.1) is 0 Å². The number of hydrogen-bond acceptors (Lipinski definition) is 4. The maximum atomic E-state index is 13.0. The third-order valence-electron chi connectivity index (χ3n) is 3.94. The highest BCUT2D eigenvalue weighted by molar-refractivity contribution is 5.93. The molecule has 0 bridgehead atoms. The monoisotopic (exact) mass is 288 g/mol. The van der Waals surface area contributed by atoms with Crippen LogP contribution in [0.2, 0.25) is 0 Å². The Morgan fingerprint density at radius 1 is 1.48 bits per heavy atom. The summed E-state index contributed by atoms with van der Waals surface area (Å²) in [6.45, 7) is 7.26. The molecule has 2 aromatic heterocycles. The normalized spacial score (nSPS) is 21.7. The van der Waals surface area contributed by atoms with Gasteiger partial charge in [-0.2, -0.15) is 0 Å². The lowest BCUT2D eigenvalue weighted by molar-refractivity contribution is -0.102. The standard InChI is InChI=1S/C15H20N4O2/c1-4-11-8-21-15(2,3)9-18(11)14(20)12-6-5-7-13-17-16-10-19(12)13/h5-7,10-11H,4,8-9H2,1-3H3. The Bertz CT molecular complexity index is 664. The van der Waals surface area contributed by atoms with Gasteiger partial charge in [-0.3, -0.25) is 9.20 Å². The summed E-state index contributed by atoms with van der Waals surface area (Å²) >= 11 is 0. The van der Waals surface area contributed by atoms with Crippen LogP contribution in [-0.4, -0.2) is 50.2 Å². The van der Waals surface area contributed by atoms with Gasteiger partial charge in [0, 0.05) is 6.54 Å². The molecule has 21 heavy (non-hydrogen) atoms. The van der Waals surface area contributed by atoms with Gasteiger partial charge in [-0.05, 0) is 32.4 Å². The van der Waals surface area contributed by atoms with Crippen LogP contribution in [0.1, 0.15) is 37.7 Å². The molecule has 0 aliphatic carbocycles. The lowest BCUT2D eigenvalue weighted by Crippen LogP contribution is -2.56. The first-order valence-corrected chi connectivity index (χ1v) is 7.25. The Morgan fingerprint density at radius 3 is 3.05 bits per heavy atom. The van der Waals surface area contributed by atoms with E-state index in [4.69, 9.17) is 4.74 Å². The van der Waals surface area contributed by atoms with Crippen LogP contribution in [0.5, 0.6) is 0 Å². The molecule has 1 aliphatic rings. The number of rotatable bonds is 2. The number of pyridine rings is 1. The third-order valence-corrected chi connectivity index (χ3v) is 3.94. The van der Waals surface area contributed by atoms with E-state index in [1.165, 1.54) is 0 Å². The van der Waals surface area contributed by atoms with Gasteiger partial charge in [0.25, 0.3) is 5.91 Å². The summed E-state index contributed by atoms with van der Waals surface area (Å²) in [5, 5.41) is 7.87. The van der Waals surface area contributed by atoms with E-state index in [2.05, 4.69) is 17.1 Å². The lowest BCUT2D eigenvalue weighted by Gasteiger charge is -2.43. The molecule has 2 aromatic rings. The van der Waals surface area contributed by atoms with E-state index in [0.717, 1.165) is 6.42 Å². The number of carbonyl (C=O) groups is 1. The van der Waals surface area contributed by atoms with Crippen LogP contribution >= 0.6 is 0 Å². The van der Waals surface area contributed by atoms with E-state index in [9.17, 15) is 4.79 Å². The van der Waals surface area contributed by atoms with E-state index in [1.807, 2.05) is 36.9 Å². The van der Waals surface area contributed by atoms with Crippen molar-refractivity contribution >= 4 is 11.6 Å². The van der Waals surface area contributed by atoms with Crippen LogP contribution in [0.25, 0.3) is 5.65 Å². The molecular formula is C15H20N4O2. The van der Waals surface area contributed by atoms with E-state index >= 15 is 0 Å². The highest BCUT2D eigenvalue weighted by Crippen LogP contribution is 2.24. The maximum Gasteiger partial charge on any atom is 0.271 e. The van der Waals surface area contributed by atoms with E-state index < -0.39 is 0 Å². The van der Waals surface area contributed by atoms with Gasteiger partial charge < -0.3 is 9.64 Å². The van der Waals surface area contributed by atoms with Crippen molar-refractivity contribution in [1.29, 1.82) is 0 Å². The molecule has 0 aromatic carbocycles. The number of amides is 1. The minimum absolute atomic E-state index is 0.00336. The molecule has 0 N–H and O–H groups in total. The van der Waals surface area contributed by atoms with Crippen molar-refractivity contribution < 1.29 is 9.53 Å². The number of fused-ring (bicyclic) bond motifs is 1. The molecule has 1 atom stereocenters. The van der Waals surface area contributed by atoms with E-state index in [0.29, 0.717) is 24.5 Å². The van der Waals surface area contributed by atoms with Crippen LogP contribution in [0.3, 0.4) is 0 Å². The zero-order valence-corrected chi connectivity index (χ0v) is 12.6. The van der Waals surface area contributed by atoms with E-state index in [-0.39, 0.29) is 17.6 Å². The zero-order valence-electron chi connectivity index (χ0n) is 12.6. The Balaban J connectivity index is 1.97. The summed E-state index contributed by atoms with van der Waals surface area (Å²) in [6, 6.07) is 5.60. The van der Waals surface area contributed by atoms with Gasteiger partial charge in [-0.1, -0.05) is 13.0 Å². The predicted molar refractivity (Wildman–Crippen MR) is 78.1 cm³/mol. The van der Waals surface area contributed by atoms with Crippen LogP contribution in [-0.2, 0) is 4.74 Å². The van der Waals surface area contributed by atoms with Crippen LogP contribution in [0.15, 0.2) is 24.5 Å². The SMILES string of the molecule is CCC1COC(C)(C)CN1C(=O)c1cccc2nncn12. The first-order chi connectivity index (χ1) is 10.0. The fourth-order valence-corrected chi connectivity index (χ4v) is 2.74. The van der Waals surface area contributed by atoms with Crippen molar-refractivity contribution in [1.82, 2.24) is 19.5 Å². The Morgan fingerprint density at radius 2 is 2.29 bits per heavy atom. The summed E-state index contributed by atoms with van der Waals surface area (Å²) in [6.07, 6.45) is 2.45. The van der Waals surface area contributed by atoms with Gasteiger partial charge in [0.15, 0.2) is 5.65 Å².